The SMILES string of the molecule is C=C(/C=C(\C=C/Nc1cccc(-c2ccccc2)c1)c1ccc2c(c1)c1c3c(ccc1n2-c1ccc2ccccc2c1)-c1ccccc1C3(C1=CC(C)CC=C1)c1ccccc1)c1ccccc1. The van der Waals surface area contributed by atoms with E-state index in [1.807, 2.05) is 0 Å². The minimum Gasteiger partial charge on any atom is -0.362 e. The zero-order valence-electron chi connectivity index (χ0n) is 38.1. The van der Waals surface area contributed by atoms with Gasteiger partial charge in [-0.05, 0) is 145 Å². The second-order valence-electron chi connectivity index (χ2n) is 18.3. The monoisotopic (exact) mass is 870 g/mol. The van der Waals surface area contributed by atoms with E-state index in [1.165, 1.54) is 71.6 Å². The van der Waals surface area contributed by atoms with E-state index in [0.29, 0.717) is 5.92 Å². The molecule has 1 heterocycles. The highest BCUT2D eigenvalue weighted by Crippen LogP contribution is 2.60. The predicted octanol–water partition coefficient (Wildman–Crippen LogP) is 17.2. The lowest BCUT2D eigenvalue weighted by Gasteiger charge is -2.37. The van der Waals surface area contributed by atoms with Gasteiger partial charge in [-0.25, -0.2) is 0 Å². The Balaban J connectivity index is 1.12. The zero-order valence-corrected chi connectivity index (χ0v) is 38.1. The number of hydrogen-bond acceptors (Lipinski definition) is 1. The lowest BCUT2D eigenvalue weighted by atomic mass is 9.65. The number of rotatable bonds is 10. The van der Waals surface area contributed by atoms with Crippen LogP contribution in [0.2, 0.25) is 0 Å². The van der Waals surface area contributed by atoms with Crippen molar-refractivity contribution in [3.8, 4) is 27.9 Å². The van der Waals surface area contributed by atoms with E-state index in [2.05, 4.69) is 272 Å². The molecule has 68 heavy (non-hydrogen) atoms. The van der Waals surface area contributed by atoms with Crippen LogP contribution in [0.3, 0.4) is 0 Å². The van der Waals surface area contributed by atoms with Crippen molar-refractivity contribution in [1.82, 2.24) is 4.57 Å². The molecular formula is C66H50N2. The first-order chi connectivity index (χ1) is 33.5. The molecule has 0 aliphatic heterocycles. The van der Waals surface area contributed by atoms with E-state index >= 15 is 0 Å². The van der Waals surface area contributed by atoms with E-state index in [0.717, 1.165) is 45.6 Å². The molecule has 0 saturated carbocycles. The maximum atomic E-state index is 4.62. The van der Waals surface area contributed by atoms with Crippen LogP contribution in [0, 0.1) is 5.92 Å². The Hall–Kier alpha value is -8.46. The lowest BCUT2D eigenvalue weighted by Crippen LogP contribution is -2.30. The van der Waals surface area contributed by atoms with Crippen LogP contribution >= 0.6 is 0 Å². The molecule has 324 valence electrons. The molecule has 2 aliphatic rings. The van der Waals surface area contributed by atoms with E-state index < -0.39 is 5.41 Å². The molecule has 1 N–H and O–H groups in total. The van der Waals surface area contributed by atoms with Crippen LogP contribution in [0.15, 0.2) is 261 Å². The Morgan fingerprint density at radius 1 is 0.618 bits per heavy atom. The fraction of sp³-hybridized carbons (Fsp3) is 0.0606. The smallest absolute Gasteiger partial charge is 0.0717 e. The fourth-order valence-corrected chi connectivity index (χ4v) is 11.0. The van der Waals surface area contributed by atoms with E-state index in [-0.39, 0.29) is 0 Å². The molecule has 0 spiro atoms. The third-order valence-electron chi connectivity index (χ3n) is 14.1. The molecule has 2 atom stereocenters. The molecule has 2 heteroatoms. The van der Waals surface area contributed by atoms with Crippen LogP contribution in [0.25, 0.3) is 71.7 Å². The number of benzene rings is 9. The van der Waals surface area contributed by atoms with Crippen LogP contribution in [0.1, 0.15) is 41.2 Å². The van der Waals surface area contributed by atoms with Crippen molar-refractivity contribution < 1.29 is 0 Å². The Morgan fingerprint density at radius 3 is 2.16 bits per heavy atom. The third-order valence-corrected chi connectivity index (χ3v) is 14.1. The molecule has 2 unspecified atom stereocenters. The maximum Gasteiger partial charge on any atom is 0.0717 e. The summed E-state index contributed by atoms with van der Waals surface area (Å²) in [5, 5.41) is 8.53. The molecule has 1 aromatic heterocycles. The Bertz CT molecular complexity index is 3700. The lowest BCUT2D eigenvalue weighted by molar-refractivity contribution is 0.685. The van der Waals surface area contributed by atoms with Gasteiger partial charge in [-0.2, -0.15) is 0 Å². The summed E-state index contributed by atoms with van der Waals surface area (Å²) in [4.78, 5) is 0. The first-order valence-electron chi connectivity index (χ1n) is 23.7. The van der Waals surface area contributed by atoms with Gasteiger partial charge in [-0.15, -0.1) is 0 Å². The molecule has 2 aliphatic carbocycles. The molecule has 0 amide bonds. The summed E-state index contributed by atoms with van der Waals surface area (Å²) in [5.41, 5.74) is 18.3. The van der Waals surface area contributed by atoms with E-state index in [4.69, 9.17) is 0 Å². The quantitative estimate of drug-likeness (QED) is 0.136. The topological polar surface area (TPSA) is 17.0 Å². The second-order valence-corrected chi connectivity index (χ2v) is 18.3. The summed E-state index contributed by atoms with van der Waals surface area (Å²) in [7, 11) is 0. The van der Waals surface area contributed by atoms with Gasteiger partial charge in [-0.3, -0.25) is 0 Å². The van der Waals surface area contributed by atoms with Gasteiger partial charge < -0.3 is 9.88 Å². The highest BCUT2D eigenvalue weighted by Gasteiger charge is 2.48. The Kier molecular flexibility index (Phi) is 10.3. The molecule has 0 fully saturated rings. The predicted molar refractivity (Wildman–Crippen MR) is 289 cm³/mol. The van der Waals surface area contributed by atoms with Gasteiger partial charge in [0.1, 0.15) is 0 Å². The minimum absolute atomic E-state index is 0.406. The van der Waals surface area contributed by atoms with Gasteiger partial charge >= 0.3 is 0 Å². The van der Waals surface area contributed by atoms with Crippen LogP contribution in [0.4, 0.5) is 5.69 Å². The molecular weight excluding hydrogens is 821 g/mol. The minimum atomic E-state index is -0.561. The molecule has 2 nitrogen and oxygen atoms in total. The van der Waals surface area contributed by atoms with E-state index in [9.17, 15) is 0 Å². The van der Waals surface area contributed by atoms with Crippen molar-refractivity contribution in [2.24, 2.45) is 5.92 Å². The summed E-state index contributed by atoms with van der Waals surface area (Å²) in [6, 6.07) is 77.4. The summed E-state index contributed by atoms with van der Waals surface area (Å²) in [6.07, 6.45) is 14.9. The van der Waals surface area contributed by atoms with Gasteiger partial charge in [0.25, 0.3) is 0 Å². The molecule has 12 rings (SSSR count). The van der Waals surface area contributed by atoms with Crippen molar-refractivity contribution in [2.75, 3.05) is 5.32 Å². The van der Waals surface area contributed by atoms with Crippen molar-refractivity contribution in [2.45, 2.75) is 18.8 Å². The molecule has 0 radical (unpaired) electrons. The van der Waals surface area contributed by atoms with Gasteiger partial charge in [0.05, 0.1) is 16.4 Å². The standard InChI is InChI=1S/C66H50N2/c1-45-18-16-28-55(40-45)66(54-26-10-5-11-27-54)61-31-15-14-30-58(61)59-35-37-63-64(65(59)66)60-44-52(33-36-62(60)68(63)57-34-32-49-23-12-13-24-51(49)43-57)53(41-46(2)47-19-6-3-7-20-47)38-39-67-56-29-17-25-50(42-56)48-21-8-4-9-22-48/h3-17,19-45,67H,2,18H2,1H3/b39-38-,53-41+. The molecule has 0 bridgehead atoms. The number of allylic oxidation sites excluding steroid dienone is 8. The van der Waals surface area contributed by atoms with Crippen LogP contribution in [-0.2, 0) is 5.41 Å². The van der Waals surface area contributed by atoms with Crippen molar-refractivity contribution in [1.29, 1.82) is 0 Å². The number of nitrogens with zero attached hydrogens (tertiary/aromatic N) is 1. The average Bonchev–Trinajstić information content (AvgIpc) is 3.89. The van der Waals surface area contributed by atoms with Gasteiger partial charge in [0.2, 0.25) is 0 Å². The Morgan fingerprint density at radius 2 is 1.34 bits per heavy atom. The van der Waals surface area contributed by atoms with Crippen molar-refractivity contribution in [3.63, 3.8) is 0 Å². The number of nitrogens with one attached hydrogen (secondary N) is 1. The largest absolute Gasteiger partial charge is 0.362 e. The van der Waals surface area contributed by atoms with Gasteiger partial charge in [0.15, 0.2) is 0 Å². The highest BCUT2D eigenvalue weighted by atomic mass is 15.0. The van der Waals surface area contributed by atoms with Crippen LogP contribution < -0.4 is 5.32 Å². The van der Waals surface area contributed by atoms with Crippen LogP contribution in [0.5, 0.6) is 0 Å². The summed E-state index contributed by atoms with van der Waals surface area (Å²) in [6.45, 7) is 6.96. The first-order valence-corrected chi connectivity index (χ1v) is 23.7. The fourth-order valence-electron chi connectivity index (χ4n) is 11.0. The number of hydrogen-bond donors (Lipinski definition) is 1. The van der Waals surface area contributed by atoms with Gasteiger partial charge in [-0.1, -0.05) is 202 Å². The van der Waals surface area contributed by atoms with Crippen molar-refractivity contribution >= 4 is 49.4 Å². The summed E-state index contributed by atoms with van der Waals surface area (Å²) < 4.78 is 2.50. The van der Waals surface area contributed by atoms with Crippen LogP contribution in [-0.4, -0.2) is 4.57 Å². The molecule has 0 saturated heterocycles. The maximum absolute atomic E-state index is 4.62. The normalized spacial score (nSPS) is 16.6. The third kappa shape index (κ3) is 6.96. The summed E-state index contributed by atoms with van der Waals surface area (Å²) >= 11 is 0. The van der Waals surface area contributed by atoms with E-state index in [1.54, 1.807) is 0 Å². The zero-order chi connectivity index (χ0) is 45.6. The highest BCUT2D eigenvalue weighted by molar-refractivity contribution is 6.16. The molecule has 9 aromatic carbocycles. The number of anilines is 1. The molecule has 10 aromatic rings. The Labute approximate surface area is 398 Å². The van der Waals surface area contributed by atoms with Gasteiger partial charge in [0, 0.05) is 28.3 Å². The summed E-state index contributed by atoms with van der Waals surface area (Å²) in [5.74, 6) is 0.406. The number of aromatic nitrogens is 1. The van der Waals surface area contributed by atoms with Crippen molar-refractivity contribution in [3.05, 3.63) is 289 Å². The average molecular weight is 871 g/mol. The first kappa shape index (κ1) is 41.0. The second kappa shape index (κ2) is 17.1. The number of fused-ring (bicyclic) bond motifs is 8.